The van der Waals surface area contributed by atoms with E-state index >= 15 is 0 Å². The molecule has 0 aromatic heterocycles. The summed E-state index contributed by atoms with van der Waals surface area (Å²) in [6, 6.07) is 9.23. The van der Waals surface area contributed by atoms with Crippen LogP contribution in [0.25, 0.3) is 0 Å². The van der Waals surface area contributed by atoms with E-state index in [1.54, 1.807) is 21.3 Å². The van der Waals surface area contributed by atoms with Crippen LogP contribution in [0.1, 0.15) is 17.5 Å². The smallest absolute Gasteiger partial charge is 0.191 e. The third kappa shape index (κ3) is 7.14. The first kappa shape index (κ1) is 23.9. The van der Waals surface area contributed by atoms with Gasteiger partial charge in [-0.3, -0.25) is 4.99 Å². The lowest BCUT2D eigenvalue weighted by Crippen LogP contribution is -2.37. The second kappa shape index (κ2) is 12.4. The van der Waals surface area contributed by atoms with Gasteiger partial charge < -0.3 is 20.1 Å². The summed E-state index contributed by atoms with van der Waals surface area (Å²) in [5, 5.41) is 6.14. The molecule has 0 bridgehead atoms. The van der Waals surface area contributed by atoms with Crippen molar-refractivity contribution in [2.75, 3.05) is 27.8 Å². The zero-order chi connectivity index (χ0) is 19.6. The minimum absolute atomic E-state index is 0. The number of methoxy groups -OCH3 is 2. The summed E-state index contributed by atoms with van der Waals surface area (Å²) in [5.74, 6) is 1.02. The Morgan fingerprint density at radius 3 is 2.43 bits per heavy atom. The first-order chi connectivity index (χ1) is 13.1. The van der Waals surface area contributed by atoms with E-state index < -0.39 is 11.6 Å². The van der Waals surface area contributed by atoms with Crippen LogP contribution in [0, 0.1) is 11.6 Å². The Bertz CT molecular complexity index is 788. The van der Waals surface area contributed by atoms with Gasteiger partial charge in [0, 0.05) is 25.7 Å². The van der Waals surface area contributed by atoms with Gasteiger partial charge in [0.05, 0.1) is 14.2 Å². The predicted octanol–water partition coefficient (Wildman–Crippen LogP) is 3.90. The minimum atomic E-state index is -0.467. The highest BCUT2D eigenvalue weighted by Crippen LogP contribution is 2.27. The zero-order valence-corrected chi connectivity index (χ0v) is 18.6. The fourth-order valence-electron chi connectivity index (χ4n) is 2.61. The van der Waals surface area contributed by atoms with E-state index in [1.165, 1.54) is 6.07 Å². The number of nitrogens with one attached hydrogen (secondary N) is 2. The molecule has 0 unspecified atom stereocenters. The number of halogens is 3. The topological polar surface area (TPSA) is 54.9 Å². The van der Waals surface area contributed by atoms with Gasteiger partial charge in [0.15, 0.2) is 17.5 Å². The molecule has 0 aliphatic rings. The molecule has 2 N–H and O–H groups in total. The Hall–Kier alpha value is -2.10. The van der Waals surface area contributed by atoms with Gasteiger partial charge in [-0.2, -0.15) is 0 Å². The van der Waals surface area contributed by atoms with Crippen LogP contribution in [0.5, 0.6) is 11.5 Å². The highest BCUT2D eigenvalue weighted by molar-refractivity contribution is 14.0. The molecule has 0 saturated carbocycles. The lowest BCUT2D eigenvalue weighted by Gasteiger charge is -2.13. The largest absolute Gasteiger partial charge is 0.493 e. The molecule has 0 heterocycles. The molecule has 0 atom stereocenters. The number of hydrogen-bond donors (Lipinski definition) is 2. The van der Waals surface area contributed by atoms with E-state index in [0.717, 1.165) is 30.5 Å². The van der Waals surface area contributed by atoms with E-state index in [4.69, 9.17) is 9.47 Å². The van der Waals surface area contributed by atoms with E-state index in [9.17, 15) is 8.78 Å². The van der Waals surface area contributed by atoms with Crippen LogP contribution >= 0.6 is 24.0 Å². The molecule has 0 spiro atoms. The molecule has 154 valence electrons. The van der Waals surface area contributed by atoms with Crippen molar-refractivity contribution in [3.63, 3.8) is 0 Å². The number of nitrogens with zero attached hydrogens (tertiary/aromatic N) is 1. The van der Waals surface area contributed by atoms with Crippen LogP contribution in [-0.2, 0) is 13.0 Å². The zero-order valence-electron chi connectivity index (χ0n) is 16.2. The summed E-state index contributed by atoms with van der Waals surface area (Å²) in [7, 11) is 4.85. The molecule has 0 saturated heterocycles. The number of benzene rings is 2. The van der Waals surface area contributed by atoms with Crippen LogP contribution in [-0.4, -0.2) is 33.8 Å². The second-order valence-electron chi connectivity index (χ2n) is 5.88. The first-order valence-corrected chi connectivity index (χ1v) is 8.66. The molecule has 28 heavy (non-hydrogen) atoms. The molecule has 0 aliphatic carbocycles. The van der Waals surface area contributed by atoms with Gasteiger partial charge in [-0.15, -0.1) is 24.0 Å². The monoisotopic (exact) mass is 505 g/mol. The van der Waals surface area contributed by atoms with Crippen LogP contribution in [0.4, 0.5) is 8.78 Å². The van der Waals surface area contributed by atoms with Crippen molar-refractivity contribution in [3.8, 4) is 11.5 Å². The maximum absolute atomic E-state index is 13.6. The summed E-state index contributed by atoms with van der Waals surface area (Å²) in [6.07, 6.45) is 1.72. The summed E-state index contributed by atoms with van der Waals surface area (Å²) in [4.78, 5) is 4.09. The fourth-order valence-corrected chi connectivity index (χ4v) is 2.61. The lowest BCUT2D eigenvalue weighted by molar-refractivity contribution is 0.354. The number of hydrogen-bond acceptors (Lipinski definition) is 3. The molecule has 8 heteroatoms. The average molecular weight is 505 g/mol. The molecule has 0 fully saturated rings. The summed E-state index contributed by atoms with van der Waals surface area (Å²) >= 11 is 0. The van der Waals surface area contributed by atoms with Crippen molar-refractivity contribution in [1.29, 1.82) is 0 Å². The second-order valence-corrected chi connectivity index (χ2v) is 5.88. The molecule has 0 aliphatic heterocycles. The van der Waals surface area contributed by atoms with E-state index in [-0.39, 0.29) is 36.1 Å². The van der Waals surface area contributed by atoms with Gasteiger partial charge in [0.1, 0.15) is 11.6 Å². The third-order valence-electron chi connectivity index (χ3n) is 4.06. The minimum Gasteiger partial charge on any atom is -0.493 e. The maximum atomic E-state index is 13.6. The van der Waals surface area contributed by atoms with Crippen molar-refractivity contribution in [3.05, 3.63) is 59.2 Å². The van der Waals surface area contributed by atoms with Gasteiger partial charge in [-0.25, -0.2) is 8.78 Å². The molecule has 2 rings (SSSR count). The number of aryl methyl sites for hydroxylation is 1. The summed E-state index contributed by atoms with van der Waals surface area (Å²) in [5.41, 5.74) is 1.39. The number of rotatable bonds is 8. The summed E-state index contributed by atoms with van der Waals surface area (Å²) < 4.78 is 37.4. The molecular weight excluding hydrogens is 479 g/mol. The van der Waals surface area contributed by atoms with Crippen molar-refractivity contribution < 1.29 is 18.3 Å². The Kier molecular flexibility index (Phi) is 10.6. The highest BCUT2D eigenvalue weighted by atomic mass is 127. The van der Waals surface area contributed by atoms with Crippen molar-refractivity contribution in [2.45, 2.75) is 19.4 Å². The Morgan fingerprint density at radius 2 is 1.75 bits per heavy atom. The Labute approximate surface area is 181 Å². The Balaban J connectivity index is 0.00000392. The SMILES string of the molecule is CN=C(NCCCc1ccc(OC)c(OC)c1)NCc1cc(F)ccc1F.I. The predicted molar refractivity (Wildman–Crippen MR) is 118 cm³/mol. The number of aliphatic imine (C=N–C) groups is 1. The first-order valence-electron chi connectivity index (χ1n) is 8.66. The molecule has 2 aromatic carbocycles. The van der Waals surface area contributed by atoms with E-state index in [0.29, 0.717) is 24.0 Å². The van der Waals surface area contributed by atoms with Crippen LogP contribution in [0.2, 0.25) is 0 Å². The van der Waals surface area contributed by atoms with E-state index in [1.807, 2.05) is 18.2 Å². The number of ether oxygens (including phenoxy) is 2. The average Bonchev–Trinajstić information content (AvgIpc) is 2.69. The molecule has 0 amide bonds. The number of guanidine groups is 1. The summed E-state index contributed by atoms with van der Waals surface area (Å²) in [6.45, 7) is 0.832. The standard InChI is InChI=1S/C20H25F2N3O2.HI/c1-23-20(25-13-15-12-16(21)7-8-17(15)22)24-10-4-5-14-6-9-18(26-2)19(11-14)27-3;/h6-9,11-12H,4-5,10,13H2,1-3H3,(H2,23,24,25);1H. The van der Waals surface area contributed by atoms with Crippen molar-refractivity contribution in [2.24, 2.45) is 4.99 Å². The van der Waals surface area contributed by atoms with Crippen LogP contribution in [0.3, 0.4) is 0 Å². The van der Waals surface area contributed by atoms with Gasteiger partial charge in [-0.05, 0) is 48.7 Å². The van der Waals surface area contributed by atoms with Gasteiger partial charge in [0.25, 0.3) is 0 Å². The highest BCUT2D eigenvalue weighted by Gasteiger charge is 2.06. The van der Waals surface area contributed by atoms with Gasteiger partial charge in [0.2, 0.25) is 0 Å². The molecule has 0 radical (unpaired) electrons. The lowest BCUT2D eigenvalue weighted by atomic mass is 10.1. The van der Waals surface area contributed by atoms with Gasteiger partial charge >= 0.3 is 0 Å². The van der Waals surface area contributed by atoms with Crippen molar-refractivity contribution >= 4 is 29.9 Å². The fraction of sp³-hybridized carbons (Fsp3) is 0.350. The van der Waals surface area contributed by atoms with Crippen LogP contribution < -0.4 is 20.1 Å². The molecular formula is C20H26F2IN3O2. The maximum Gasteiger partial charge on any atom is 0.191 e. The molecule has 2 aromatic rings. The molecule has 5 nitrogen and oxygen atoms in total. The van der Waals surface area contributed by atoms with Gasteiger partial charge in [-0.1, -0.05) is 6.07 Å². The third-order valence-corrected chi connectivity index (χ3v) is 4.06. The normalized spacial score (nSPS) is 10.8. The quantitative estimate of drug-likeness (QED) is 0.248. The van der Waals surface area contributed by atoms with E-state index in [2.05, 4.69) is 15.6 Å². The van der Waals surface area contributed by atoms with Crippen LogP contribution in [0.15, 0.2) is 41.4 Å². The Morgan fingerprint density at radius 1 is 1.00 bits per heavy atom. The van der Waals surface area contributed by atoms with Crippen molar-refractivity contribution in [1.82, 2.24) is 10.6 Å².